The van der Waals surface area contributed by atoms with Gasteiger partial charge in [0.25, 0.3) is 0 Å². The highest BCUT2D eigenvalue weighted by atomic mass is 32.2. The van der Waals surface area contributed by atoms with E-state index in [-0.39, 0.29) is 0 Å². The second kappa shape index (κ2) is 6.31. The van der Waals surface area contributed by atoms with Crippen molar-refractivity contribution in [3.8, 4) is 0 Å². The van der Waals surface area contributed by atoms with E-state index in [1.54, 1.807) is 0 Å². The van der Waals surface area contributed by atoms with Crippen molar-refractivity contribution in [2.75, 3.05) is 0 Å². The summed E-state index contributed by atoms with van der Waals surface area (Å²) >= 11 is 2.00. The first kappa shape index (κ1) is 12.8. The van der Waals surface area contributed by atoms with Crippen molar-refractivity contribution in [2.24, 2.45) is 0 Å². The first-order chi connectivity index (χ1) is 5.91. The molecular weight excluding hydrogens is 176 g/mol. The van der Waals surface area contributed by atoms with Gasteiger partial charge in [-0.3, -0.25) is 0 Å². The van der Waals surface area contributed by atoms with Gasteiger partial charge in [0, 0.05) is 10.5 Å². The van der Waals surface area contributed by atoms with E-state index < -0.39 is 0 Å². The average molecular weight is 198 g/mol. The van der Waals surface area contributed by atoms with E-state index in [0.29, 0.717) is 10.5 Å². The summed E-state index contributed by atoms with van der Waals surface area (Å²) < 4.78 is 0. The maximum Gasteiger partial charge on any atom is 0.0206 e. The summed E-state index contributed by atoms with van der Waals surface area (Å²) in [5.41, 5.74) is 2.81. The van der Waals surface area contributed by atoms with Crippen molar-refractivity contribution >= 4 is 11.8 Å². The summed E-state index contributed by atoms with van der Waals surface area (Å²) in [7, 11) is 0. The molecule has 0 aromatic rings. The minimum absolute atomic E-state index is 0.621. The third-order valence-corrected chi connectivity index (χ3v) is 2.70. The molecule has 0 fully saturated rings. The predicted molar refractivity (Wildman–Crippen MR) is 65.4 cm³/mol. The minimum Gasteiger partial charge on any atom is -0.147 e. The molecule has 0 aliphatic rings. The maximum absolute atomic E-state index is 2.32. The zero-order valence-corrected chi connectivity index (χ0v) is 10.5. The lowest BCUT2D eigenvalue weighted by molar-refractivity contribution is 1.14. The molecule has 2 atom stereocenters. The topological polar surface area (TPSA) is 0 Å². The number of hydrogen-bond donors (Lipinski definition) is 0. The smallest absolute Gasteiger partial charge is 0.0206 e. The predicted octanol–water partition coefficient (Wildman–Crippen LogP) is 4.43. The third-order valence-electron chi connectivity index (χ3n) is 1.57. The van der Waals surface area contributed by atoms with Gasteiger partial charge in [-0.2, -0.15) is 0 Å². The molecule has 0 aromatic heterocycles. The normalized spacial score (nSPS) is 14.6. The van der Waals surface area contributed by atoms with Crippen molar-refractivity contribution in [2.45, 2.75) is 52.0 Å². The highest BCUT2D eigenvalue weighted by molar-refractivity contribution is 8.00. The van der Waals surface area contributed by atoms with E-state index >= 15 is 0 Å². The second-order valence-corrected chi connectivity index (χ2v) is 5.79. The monoisotopic (exact) mass is 198 g/mol. The summed E-state index contributed by atoms with van der Waals surface area (Å²) in [5, 5.41) is 1.24. The molecule has 0 saturated carbocycles. The van der Waals surface area contributed by atoms with Crippen molar-refractivity contribution < 1.29 is 0 Å². The van der Waals surface area contributed by atoms with Gasteiger partial charge in [-0.25, -0.2) is 0 Å². The zero-order chi connectivity index (χ0) is 10.4. The first-order valence-electron chi connectivity index (χ1n) is 4.87. The quantitative estimate of drug-likeness (QED) is 0.602. The third kappa shape index (κ3) is 8.17. The Morgan fingerprint density at radius 2 is 1.15 bits per heavy atom. The highest BCUT2D eigenvalue weighted by Gasteiger charge is 2.03. The highest BCUT2D eigenvalue weighted by Crippen LogP contribution is 2.21. The van der Waals surface area contributed by atoms with Crippen LogP contribution in [0.1, 0.15) is 41.5 Å². The zero-order valence-electron chi connectivity index (χ0n) is 9.72. The van der Waals surface area contributed by atoms with Gasteiger partial charge < -0.3 is 0 Å². The van der Waals surface area contributed by atoms with Crippen molar-refractivity contribution in [3.05, 3.63) is 23.3 Å². The molecule has 13 heavy (non-hydrogen) atoms. The van der Waals surface area contributed by atoms with E-state index in [9.17, 15) is 0 Å². The molecule has 0 amide bonds. The molecule has 0 bridgehead atoms. The molecule has 76 valence electrons. The standard InChI is InChI=1S/C12H22S/c1-9(2)7-11(5)13-12(6)8-10(3)4/h7-8,11-12H,1-6H3. The Morgan fingerprint density at radius 1 is 0.846 bits per heavy atom. The molecule has 0 nitrogen and oxygen atoms in total. The Bertz CT molecular complexity index is 171. The van der Waals surface area contributed by atoms with Crippen LogP contribution in [0.15, 0.2) is 23.3 Å². The number of thioether (sulfide) groups is 1. The number of hydrogen-bond acceptors (Lipinski definition) is 1. The molecule has 0 aliphatic heterocycles. The summed E-state index contributed by atoms with van der Waals surface area (Å²) in [6.45, 7) is 13.1. The Labute approximate surface area is 87.5 Å². The summed E-state index contributed by atoms with van der Waals surface area (Å²) in [6, 6.07) is 0. The van der Waals surface area contributed by atoms with E-state index in [0.717, 1.165) is 0 Å². The Hall–Kier alpha value is -0.170. The molecule has 0 aliphatic carbocycles. The first-order valence-corrected chi connectivity index (χ1v) is 5.81. The molecule has 0 N–H and O–H groups in total. The lowest BCUT2D eigenvalue weighted by atomic mass is 10.3. The Kier molecular flexibility index (Phi) is 6.23. The molecule has 0 heterocycles. The molecule has 0 spiro atoms. The van der Waals surface area contributed by atoms with Crippen LogP contribution in [0.3, 0.4) is 0 Å². The van der Waals surface area contributed by atoms with Crippen LogP contribution in [0.25, 0.3) is 0 Å². The van der Waals surface area contributed by atoms with Crippen molar-refractivity contribution in [3.63, 3.8) is 0 Å². The van der Waals surface area contributed by atoms with E-state index in [1.165, 1.54) is 11.1 Å². The summed E-state index contributed by atoms with van der Waals surface area (Å²) in [5.74, 6) is 0. The minimum atomic E-state index is 0.621. The van der Waals surface area contributed by atoms with Gasteiger partial charge >= 0.3 is 0 Å². The number of rotatable bonds is 4. The van der Waals surface area contributed by atoms with Gasteiger partial charge in [-0.15, -0.1) is 11.8 Å². The molecule has 2 unspecified atom stereocenters. The largest absolute Gasteiger partial charge is 0.147 e. The van der Waals surface area contributed by atoms with E-state index in [2.05, 4.69) is 53.7 Å². The second-order valence-electron chi connectivity index (χ2n) is 4.03. The fourth-order valence-corrected chi connectivity index (χ4v) is 2.73. The Balaban J connectivity index is 3.99. The van der Waals surface area contributed by atoms with Crippen LogP contribution in [0.4, 0.5) is 0 Å². The van der Waals surface area contributed by atoms with Gasteiger partial charge in [0.15, 0.2) is 0 Å². The van der Waals surface area contributed by atoms with E-state index in [4.69, 9.17) is 0 Å². The molecule has 1 heteroatoms. The van der Waals surface area contributed by atoms with Gasteiger partial charge in [0.2, 0.25) is 0 Å². The van der Waals surface area contributed by atoms with Crippen LogP contribution in [0, 0.1) is 0 Å². The SMILES string of the molecule is CC(C)=CC(C)SC(C)C=C(C)C. The van der Waals surface area contributed by atoms with Crippen molar-refractivity contribution in [1.82, 2.24) is 0 Å². The lowest BCUT2D eigenvalue weighted by Crippen LogP contribution is -2.00. The maximum atomic E-state index is 2.32. The fourth-order valence-electron chi connectivity index (χ4n) is 1.36. The average Bonchev–Trinajstić information content (AvgIpc) is 1.80. The van der Waals surface area contributed by atoms with Gasteiger partial charge in [0.1, 0.15) is 0 Å². The summed E-state index contributed by atoms with van der Waals surface area (Å²) in [6.07, 6.45) is 4.64. The molecular formula is C12H22S. The number of allylic oxidation sites excluding steroid dienone is 2. The van der Waals surface area contributed by atoms with Gasteiger partial charge in [0.05, 0.1) is 0 Å². The van der Waals surface area contributed by atoms with Gasteiger partial charge in [-0.1, -0.05) is 23.3 Å². The Morgan fingerprint density at radius 3 is 1.38 bits per heavy atom. The van der Waals surface area contributed by atoms with Crippen LogP contribution >= 0.6 is 11.8 Å². The van der Waals surface area contributed by atoms with Gasteiger partial charge in [-0.05, 0) is 41.5 Å². The van der Waals surface area contributed by atoms with E-state index in [1.807, 2.05) is 11.8 Å². The van der Waals surface area contributed by atoms with Crippen LogP contribution in [-0.4, -0.2) is 10.5 Å². The van der Waals surface area contributed by atoms with Crippen LogP contribution in [0.5, 0.6) is 0 Å². The van der Waals surface area contributed by atoms with Crippen molar-refractivity contribution in [1.29, 1.82) is 0 Å². The fraction of sp³-hybridized carbons (Fsp3) is 0.667. The summed E-state index contributed by atoms with van der Waals surface area (Å²) in [4.78, 5) is 0. The molecule has 0 radical (unpaired) electrons. The van der Waals surface area contributed by atoms with Crippen LogP contribution in [0.2, 0.25) is 0 Å². The molecule has 0 aromatic carbocycles. The van der Waals surface area contributed by atoms with Crippen LogP contribution in [-0.2, 0) is 0 Å². The van der Waals surface area contributed by atoms with Crippen LogP contribution < -0.4 is 0 Å². The lowest BCUT2D eigenvalue weighted by Gasteiger charge is -2.11. The molecule has 0 saturated heterocycles. The molecule has 0 rings (SSSR count).